The molecule has 0 bridgehead atoms. The molecule has 3 unspecified atom stereocenters. The number of esters is 3. The molecule has 1 aliphatic heterocycles. The number of alkyl halides is 2. The van der Waals surface area contributed by atoms with E-state index in [2.05, 4.69) is 86.4 Å². The number of fused-ring (bicyclic) bond motifs is 1. The second-order valence-electron chi connectivity index (χ2n) is 20.6. The average molecular weight is 1620 g/mol. The van der Waals surface area contributed by atoms with Gasteiger partial charge in [0.25, 0.3) is 6.47 Å². The largest absolute Gasteiger partial charge is 1.00 e. The molecule has 5 aliphatic rings. The van der Waals surface area contributed by atoms with E-state index < -0.39 is 57.1 Å². The minimum atomic E-state index is -1.67. The Bertz CT molecular complexity index is 2830. The van der Waals surface area contributed by atoms with Crippen molar-refractivity contribution in [2.45, 2.75) is 157 Å². The molecule has 4 aromatic rings. The van der Waals surface area contributed by atoms with Gasteiger partial charge in [-0.05, 0) is 123 Å². The zero-order valence-corrected chi connectivity index (χ0v) is 61.3. The molecule has 29 heteroatoms. The van der Waals surface area contributed by atoms with Crippen LogP contribution in [0.25, 0.3) is 0 Å². The quantitative estimate of drug-likeness (QED) is 0.0121. The molecule has 4 saturated carbocycles. The van der Waals surface area contributed by atoms with Crippen LogP contribution >= 0.6 is 93.1 Å². The molecular formula is C62H76Br4Cl3NaO20S. The van der Waals surface area contributed by atoms with Gasteiger partial charge in [-0.1, -0.05) is 176 Å². The number of benzene rings is 4. The van der Waals surface area contributed by atoms with Gasteiger partial charge in [0.1, 0.15) is 38.8 Å². The number of carbonyl (C=O) groups is 9. The summed E-state index contributed by atoms with van der Waals surface area (Å²) in [7, 11) is 7.36. The number of hydrogen-bond donors (Lipinski definition) is 5. The number of halogens is 7. The summed E-state index contributed by atoms with van der Waals surface area (Å²) in [6, 6.07) is 27.8. The molecule has 9 rings (SSSR count). The van der Waals surface area contributed by atoms with Gasteiger partial charge in [0.2, 0.25) is 20.6 Å². The molecule has 20 nitrogen and oxygen atoms in total. The number of hydrogen-bond acceptors (Lipinski definition) is 16. The summed E-state index contributed by atoms with van der Waals surface area (Å²) in [5, 5.41) is 51.4. The van der Waals surface area contributed by atoms with Crippen molar-refractivity contribution in [2.24, 2.45) is 23.7 Å². The third kappa shape index (κ3) is 38.2. The van der Waals surface area contributed by atoms with Gasteiger partial charge >= 0.3 is 71.3 Å². The van der Waals surface area contributed by atoms with Crippen molar-refractivity contribution >= 4 is 156 Å². The number of carboxylic acids is 4. The van der Waals surface area contributed by atoms with Gasteiger partial charge < -0.3 is 49.9 Å². The van der Waals surface area contributed by atoms with Crippen LogP contribution in [0.15, 0.2) is 103 Å². The zero-order chi connectivity index (χ0) is 67.4. The van der Waals surface area contributed by atoms with Gasteiger partial charge in [-0.25, -0.2) is 23.4 Å². The van der Waals surface area contributed by atoms with Gasteiger partial charge in [-0.3, -0.25) is 24.0 Å². The maximum absolute atomic E-state index is 12.1. The average Bonchev–Trinajstić information content (AvgIpc) is 2.04. The molecule has 0 aromatic heterocycles. The molecule has 4 aliphatic carbocycles. The Hall–Kier alpha value is -3.99. The Morgan fingerprint density at radius 2 is 1.07 bits per heavy atom. The number of rotatable bonds is 13. The normalized spacial score (nSPS) is 16.6. The fourth-order valence-corrected chi connectivity index (χ4v) is 11.4. The van der Waals surface area contributed by atoms with Crippen LogP contribution in [0.3, 0.4) is 0 Å². The number of phenols is 1. The zero-order valence-electron chi connectivity index (χ0n) is 49.9. The van der Waals surface area contributed by atoms with Crippen LogP contribution in [0, 0.1) is 23.7 Å². The molecule has 4 aromatic carbocycles. The Kier molecular flexibility index (Phi) is 50.0. The smallest absolute Gasteiger partial charge is 0.662 e. The Balaban J connectivity index is 0. The van der Waals surface area contributed by atoms with E-state index >= 15 is 0 Å². The van der Waals surface area contributed by atoms with Gasteiger partial charge in [-0.2, -0.15) is 0 Å². The first-order valence-electron chi connectivity index (χ1n) is 28.6. The van der Waals surface area contributed by atoms with E-state index in [4.69, 9.17) is 65.6 Å². The molecule has 5 N–H and O–H groups in total. The number of carbonyl (C=O) groups excluding carboxylic acids is 5. The molecular weight excluding hydrogens is 1550 g/mol. The predicted octanol–water partition coefficient (Wildman–Crippen LogP) is 12.3. The summed E-state index contributed by atoms with van der Waals surface area (Å²) in [6.45, 7) is -0.181. The predicted molar refractivity (Wildman–Crippen MR) is 355 cm³/mol. The maximum atomic E-state index is 12.1. The summed E-state index contributed by atoms with van der Waals surface area (Å²) < 4.78 is 25.0. The molecule has 1 heterocycles. The first-order chi connectivity index (χ1) is 43.0. The second-order valence-corrected chi connectivity index (χ2v) is 25.5. The molecule has 0 amide bonds. The van der Waals surface area contributed by atoms with Crippen LogP contribution in [0.2, 0.25) is 0 Å². The number of para-hydroxylation sites is 3. The first-order valence-corrected chi connectivity index (χ1v) is 37.4. The van der Waals surface area contributed by atoms with Gasteiger partial charge in [0.15, 0.2) is 0 Å². The van der Waals surface area contributed by atoms with Crippen LogP contribution in [0.4, 0.5) is 0 Å². The van der Waals surface area contributed by atoms with E-state index in [0.717, 1.165) is 82.6 Å². The second kappa shape index (κ2) is 52.3. The first kappa shape index (κ1) is 87.0. The molecule has 500 valence electrons. The van der Waals surface area contributed by atoms with E-state index in [1.165, 1.54) is 75.6 Å². The number of aliphatic carboxylic acids is 2. The molecule has 0 spiro atoms. The minimum absolute atomic E-state index is 0. The molecule has 4 fully saturated rings. The van der Waals surface area contributed by atoms with Gasteiger partial charge in [0.05, 0.1) is 11.2 Å². The van der Waals surface area contributed by atoms with Crippen LogP contribution in [-0.2, 0) is 54.0 Å². The number of aromatic carboxylic acids is 2. The molecule has 0 radical (unpaired) electrons. The molecule has 0 saturated heterocycles. The van der Waals surface area contributed by atoms with Gasteiger partial charge in [0, 0.05) is 63.4 Å². The van der Waals surface area contributed by atoms with Crippen molar-refractivity contribution in [2.75, 3.05) is 0 Å². The summed E-state index contributed by atoms with van der Waals surface area (Å²) in [5.41, 5.74) is 1.11. The minimum Gasteiger partial charge on any atom is -0.662 e. The third-order valence-electron chi connectivity index (χ3n) is 14.3. The number of ether oxygens (including phenoxy) is 3. The van der Waals surface area contributed by atoms with Crippen LogP contribution in [-0.4, -0.2) is 99.0 Å². The van der Waals surface area contributed by atoms with Crippen molar-refractivity contribution in [3.05, 3.63) is 125 Å². The van der Waals surface area contributed by atoms with Crippen molar-refractivity contribution < 1.29 is 128 Å². The van der Waals surface area contributed by atoms with Crippen molar-refractivity contribution in [3.63, 3.8) is 0 Å². The van der Waals surface area contributed by atoms with E-state index in [0.29, 0.717) is 29.6 Å². The monoisotopic (exact) mass is 1620 g/mol. The van der Waals surface area contributed by atoms with E-state index in [1.807, 2.05) is 18.2 Å². The maximum Gasteiger partial charge on any atom is 1.00 e. The number of cyclic esters (lactones) is 1. The van der Waals surface area contributed by atoms with Crippen molar-refractivity contribution in [3.8, 4) is 17.2 Å². The van der Waals surface area contributed by atoms with Crippen molar-refractivity contribution in [1.82, 2.24) is 0 Å². The van der Waals surface area contributed by atoms with Crippen LogP contribution < -0.4 is 44.3 Å². The SMILES string of the molecule is BrBr.O=C(Cl)C(Br)C1CCCCC1.O=C(O)CC1CCCCC1.O=C(O)Cc1ccccc1.O=C(O)c1ccccc1O.O=C(O)c1ccccc1OC(=O)C(Br)C1CCCCC1.O=C1OC(C2CCCCC2)C(=O)Oc2ccccc21.O=CO[O-].O=S(Cl)Cl.[HH].[Na+]. The standard InChI is InChI=1S/C15H17BrO4.C15H16O4.C8H12BrClO.C8H14O2.C8H8O2.C7H6O3.CH2O3.Br2.Cl2OS.Na.H2/c16-13(10-6-2-1-3-7-10)15(19)20-12-9-5-4-8-11(12)14(17)18;16-14-11-8-4-5-9-12(11)18-15(17)13(19-14)10-6-2-1-3-7-10;9-7(8(10)11)6-4-2-1-3-5-6;2*9-8(10)6-7-4-2-1-3-5-7;8-6-4-2-1-3-5(6)7(9)10;2-1-4-3;1-2;1-4(2)3;;/h4-5,8-10,13H,1-3,6-7H2,(H,17,18);4-5,8-10,13H,1-3,6-7H2;6-7H,1-5H2;7H,1-6H2,(H,9,10);1-5H,6H2,(H,9,10);1-4,8H,(H,9,10);1,3H;;;;1H/q;;;;;;;;;+1;/p-1. The topological polar surface area (TPSA) is 332 Å². The number of aromatic hydroxyl groups is 1. The summed E-state index contributed by atoms with van der Waals surface area (Å²) >= 11 is 17.6. The summed E-state index contributed by atoms with van der Waals surface area (Å²) in [6.07, 6.45) is 22.6. The Labute approximate surface area is 601 Å². The van der Waals surface area contributed by atoms with E-state index in [1.54, 1.807) is 60.7 Å². The van der Waals surface area contributed by atoms with E-state index in [9.17, 15) is 38.4 Å². The number of carboxylic acid groups (broad SMARTS) is 4. The van der Waals surface area contributed by atoms with Crippen molar-refractivity contribution in [1.29, 1.82) is 0 Å². The Morgan fingerprint density at radius 1 is 0.637 bits per heavy atom. The Morgan fingerprint density at radius 3 is 1.52 bits per heavy atom. The molecule has 91 heavy (non-hydrogen) atoms. The van der Waals surface area contributed by atoms with Gasteiger partial charge in [-0.15, -0.1) is 0 Å². The molecule has 3 atom stereocenters. The fraction of sp³-hybridized carbons (Fsp3) is 0.468. The van der Waals surface area contributed by atoms with Crippen LogP contribution in [0.1, 0.15) is 173 Å². The van der Waals surface area contributed by atoms with Crippen LogP contribution in [0.5, 0.6) is 17.2 Å². The fourth-order valence-electron chi connectivity index (χ4n) is 10.0. The third-order valence-corrected chi connectivity index (χ3v) is 17.1. The summed E-state index contributed by atoms with van der Waals surface area (Å²) in [4.78, 5) is 99.6. The summed E-state index contributed by atoms with van der Waals surface area (Å²) in [5.74, 6) is -3.41. The van der Waals surface area contributed by atoms with E-state index in [-0.39, 0.29) is 93.2 Å².